The second-order valence-corrected chi connectivity index (χ2v) is 6.01. The number of aromatic nitrogens is 2. The highest BCUT2D eigenvalue weighted by Gasteiger charge is 2.25. The Balaban J connectivity index is 2.27. The van der Waals surface area contributed by atoms with Gasteiger partial charge < -0.3 is 15.1 Å². The molecule has 5 heteroatoms. The summed E-state index contributed by atoms with van der Waals surface area (Å²) in [5.41, 5.74) is 1.22. The number of hydrogen-bond donors (Lipinski definition) is 1. The van der Waals surface area contributed by atoms with Crippen LogP contribution in [0.3, 0.4) is 0 Å². The number of hydrogen-bond acceptors (Lipinski definition) is 5. The highest BCUT2D eigenvalue weighted by atomic mass is 15.2. The highest BCUT2D eigenvalue weighted by molar-refractivity contribution is 5.60. The summed E-state index contributed by atoms with van der Waals surface area (Å²) in [5, 5.41) is 3.20. The Morgan fingerprint density at radius 2 is 1.95 bits per heavy atom. The fourth-order valence-corrected chi connectivity index (χ4v) is 2.95. The molecule has 5 nitrogen and oxygen atoms in total. The largest absolute Gasteiger partial charge is 0.373 e. The molecular formula is C15H27N5. The van der Waals surface area contributed by atoms with Gasteiger partial charge in [0, 0.05) is 25.7 Å². The summed E-state index contributed by atoms with van der Waals surface area (Å²) in [6.07, 6.45) is 4.06. The van der Waals surface area contributed by atoms with Crippen LogP contribution >= 0.6 is 0 Å². The van der Waals surface area contributed by atoms with Crippen LogP contribution < -0.4 is 10.2 Å². The van der Waals surface area contributed by atoms with E-state index in [2.05, 4.69) is 53.0 Å². The molecule has 2 heterocycles. The predicted molar refractivity (Wildman–Crippen MR) is 84.6 cm³/mol. The molecule has 0 amide bonds. The van der Waals surface area contributed by atoms with Crippen LogP contribution in [-0.4, -0.2) is 55.1 Å². The number of anilines is 2. The molecule has 0 radical (unpaired) electrons. The lowest BCUT2D eigenvalue weighted by atomic mass is 10.0. The molecular weight excluding hydrogens is 250 g/mol. The third-order valence-electron chi connectivity index (χ3n) is 4.25. The molecule has 0 atom stereocenters. The zero-order valence-electron chi connectivity index (χ0n) is 13.3. The zero-order chi connectivity index (χ0) is 14.7. The first-order chi connectivity index (χ1) is 9.54. The first-order valence-corrected chi connectivity index (χ1v) is 7.48. The summed E-state index contributed by atoms with van der Waals surface area (Å²) in [6.45, 7) is 6.73. The van der Waals surface area contributed by atoms with E-state index in [4.69, 9.17) is 0 Å². The average molecular weight is 277 g/mol. The smallest absolute Gasteiger partial charge is 0.137 e. The van der Waals surface area contributed by atoms with E-state index in [-0.39, 0.29) is 0 Å². The van der Waals surface area contributed by atoms with Crippen molar-refractivity contribution in [3.63, 3.8) is 0 Å². The van der Waals surface area contributed by atoms with Crippen molar-refractivity contribution in [1.82, 2.24) is 14.9 Å². The van der Waals surface area contributed by atoms with Crippen LogP contribution in [-0.2, 0) is 0 Å². The summed E-state index contributed by atoms with van der Waals surface area (Å²) in [4.78, 5) is 13.7. The normalized spacial score (nSPS) is 17.5. The lowest BCUT2D eigenvalue weighted by Crippen LogP contribution is -2.42. The van der Waals surface area contributed by atoms with Gasteiger partial charge in [-0.25, -0.2) is 9.97 Å². The Bertz CT molecular complexity index is 438. The van der Waals surface area contributed by atoms with E-state index in [0.717, 1.165) is 24.7 Å². The molecule has 20 heavy (non-hydrogen) atoms. The molecule has 1 aliphatic rings. The van der Waals surface area contributed by atoms with Gasteiger partial charge in [-0.15, -0.1) is 0 Å². The minimum absolute atomic E-state index is 0.405. The maximum Gasteiger partial charge on any atom is 0.137 e. The quantitative estimate of drug-likeness (QED) is 0.914. The van der Waals surface area contributed by atoms with Crippen LogP contribution in [0.2, 0.25) is 0 Å². The maximum absolute atomic E-state index is 4.56. The molecule has 1 aromatic rings. The van der Waals surface area contributed by atoms with E-state index in [1.807, 2.05) is 7.05 Å². The summed E-state index contributed by atoms with van der Waals surface area (Å²) in [5.74, 6) is 2.43. The monoisotopic (exact) mass is 277 g/mol. The molecule has 0 aromatic carbocycles. The topological polar surface area (TPSA) is 44.3 Å². The van der Waals surface area contributed by atoms with E-state index in [1.165, 1.54) is 18.4 Å². The predicted octanol–water partition coefficient (Wildman–Crippen LogP) is 2.17. The molecule has 1 aromatic heterocycles. The van der Waals surface area contributed by atoms with Gasteiger partial charge in [0.1, 0.15) is 18.0 Å². The Labute approximate surface area is 122 Å². The van der Waals surface area contributed by atoms with E-state index in [9.17, 15) is 0 Å². The summed E-state index contributed by atoms with van der Waals surface area (Å²) in [7, 11) is 6.29. The first-order valence-electron chi connectivity index (χ1n) is 7.48. The fraction of sp³-hybridized carbons (Fsp3) is 0.733. The molecule has 0 spiro atoms. The Hall–Kier alpha value is -1.36. The van der Waals surface area contributed by atoms with Gasteiger partial charge in [0.05, 0.1) is 0 Å². The minimum atomic E-state index is 0.405. The summed E-state index contributed by atoms with van der Waals surface area (Å²) >= 11 is 0. The minimum Gasteiger partial charge on any atom is -0.373 e. The lowest BCUT2D eigenvalue weighted by Gasteiger charge is -2.37. The van der Waals surface area contributed by atoms with Crippen LogP contribution in [0.15, 0.2) is 6.33 Å². The van der Waals surface area contributed by atoms with Crippen LogP contribution in [0.25, 0.3) is 0 Å². The van der Waals surface area contributed by atoms with Crippen molar-refractivity contribution in [2.45, 2.75) is 38.6 Å². The third kappa shape index (κ3) is 3.03. The fourth-order valence-electron chi connectivity index (χ4n) is 2.95. The van der Waals surface area contributed by atoms with Gasteiger partial charge in [0.2, 0.25) is 0 Å². The van der Waals surface area contributed by atoms with Crippen LogP contribution in [0, 0.1) is 0 Å². The number of nitrogens with zero attached hydrogens (tertiary/aromatic N) is 4. The third-order valence-corrected chi connectivity index (χ3v) is 4.25. The van der Waals surface area contributed by atoms with Crippen molar-refractivity contribution in [1.29, 1.82) is 0 Å². The molecule has 1 N–H and O–H groups in total. The summed E-state index contributed by atoms with van der Waals surface area (Å²) in [6, 6.07) is 0.573. The number of nitrogens with one attached hydrogen (secondary N) is 1. The Kier molecular flexibility index (Phi) is 4.81. The number of rotatable bonds is 4. The number of piperidine rings is 1. The maximum atomic E-state index is 4.56. The van der Waals surface area contributed by atoms with Crippen molar-refractivity contribution >= 4 is 11.6 Å². The van der Waals surface area contributed by atoms with Crippen molar-refractivity contribution < 1.29 is 0 Å². The molecule has 0 unspecified atom stereocenters. The van der Waals surface area contributed by atoms with Crippen molar-refractivity contribution in [3.05, 3.63) is 11.9 Å². The van der Waals surface area contributed by atoms with Gasteiger partial charge in [-0.1, -0.05) is 13.8 Å². The van der Waals surface area contributed by atoms with Crippen molar-refractivity contribution in [2.75, 3.05) is 44.4 Å². The number of likely N-dealkylation sites (tertiary alicyclic amines) is 1. The SMILES string of the molecule is CNc1ncnc(N(C)C2CCN(C)CC2)c1C(C)C. The van der Waals surface area contributed by atoms with E-state index in [0.29, 0.717) is 12.0 Å². The van der Waals surface area contributed by atoms with Gasteiger partial charge in [0.25, 0.3) is 0 Å². The molecule has 1 fully saturated rings. The standard InChI is InChI=1S/C15H27N5/c1-11(2)13-14(16-3)17-10-18-15(13)20(5)12-6-8-19(4)9-7-12/h10-12H,6-9H2,1-5H3,(H,16,17,18). The molecule has 0 bridgehead atoms. The second kappa shape index (κ2) is 6.39. The summed E-state index contributed by atoms with van der Waals surface area (Å²) < 4.78 is 0. The molecule has 0 saturated carbocycles. The highest BCUT2D eigenvalue weighted by Crippen LogP contribution is 2.32. The molecule has 1 aliphatic heterocycles. The van der Waals surface area contributed by atoms with Crippen LogP contribution in [0.1, 0.15) is 38.2 Å². The van der Waals surface area contributed by atoms with Gasteiger partial charge in [-0.3, -0.25) is 0 Å². The van der Waals surface area contributed by atoms with Gasteiger partial charge >= 0.3 is 0 Å². The van der Waals surface area contributed by atoms with Crippen LogP contribution in [0.4, 0.5) is 11.6 Å². The van der Waals surface area contributed by atoms with E-state index < -0.39 is 0 Å². The molecule has 112 valence electrons. The Morgan fingerprint density at radius 1 is 1.30 bits per heavy atom. The van der Waals surface area contributed by atoms with Gasteiger partial charge in [-0.05, 0) is 38.9 Å². The molecule has 2 rings (SSSR count). The van der Waals surface area contributed by atoms with Gasteiger partial charge in [0.15, 0.2) is 0 Å². The Morgan fingerprint density at radius 3 is 2.50 bits per heavy atom. The van der Waals surface area contributed by atoms with E-state index >= 15 is 0 Å². The average Bonchev–Trinajstić information content (AvgIpc) is 2.46. The van der Waals surface area contributed by atoms with Crippen LogP contribution in [0.5, 0.6) is 0 Å². The van der Waals surface area contributed by atoms with E-state index in [1.54, 1.807) is 6.33 Å². The molecule has 0 aliphatic carbocycles. The van der Waals surface area contributed by atoms with Crippen molar-refractivity contribution in [3.8, 4) is 0 Å². The zero-order valence-corrected chi connectivity index (χ0v) is 13.3. The molecule has 1 saturated heterocycles. The second-order valence-electron chi connectivity index (χ2n) is 6.01. The van der Waals surface area contributed by atoms with Gasteiger partial charge in [-0.2, -0.15) is 0 Å². The van der Waals surface area contributed by atoms with Crippen molar-refractivity contribution in [2.24, 2.45) is 0 Å². The first kappa shape index (κ1) is 15.0. The lowest BCUT2D eigenvalue weighted by molar-refractivity contribution is 0.252.